The predicted octanol–water partition coefficient (Wildman–Crippen LogP) is 5.75. The van der Waals surface area contributed by atoms with E-state index in [4.69, 9.17) is 9.84 Å². The summed E-state index contributed by atoms with van der Waals surface area (Å²) in [5.41, 5.74) is 1.68. The molecule has 1 amide bonds. The Labute approximate surface area is 180 Å². The van der Waals surface area contributed by atoms with Gasteiger partial charge in [0.2, 0.25) is 5.91 Å². The normalized spacial score (nSPS) is 17.5. The van der Waals surface area contributed by atoms with Crippen molar-refractivity contribution in [3.8, 4) is 0 Å². The lowest BCUT2D eigenvalue weighted by Gasteiger charge is -2.25. The van der Waals surface area contributed by atoms with E-state index in [1.807, 2.05) is 12.1 Å². The van der Waals surface area contributed by atoms with Crippen LogP contribution in [0.25, 0.3) is 0 Å². The highest BCUT2D eigenvalue weighted by Gasteiger charge is 2.32. The van der Waals surface area contributed by atoms with Crippen molar-refractivity contribution in [1.82, 2.24) is 0 Å². The van der Waals surface area contributed by atoms with Gasteiger partial charge in [0.25, 0.3) is 0 Å². The number of rotatable bonds is 11. The molecule has 0 radical (unpaired) electrons. The van der Waals surface area contributed by atoms with Gasteiger partial charge in [-0.05, 0) is 36.6 Å². The highest BCUT2D eigenvalue weighted by atomic mass is 32.1. The molecule has 2 aromatic rings. The molecule has 1 saturated heterocycles. The van der Waals surface area contributed by atoms with E-state index in [9.17, 15) is 14.0 Å². The molecule has 162 valence electrons. The van der Waals surface area contributed by atoms with E-state index < -0.39 is 12.1 Å². The first-order valence-electron chi connectivity index (χ1n) is 10.4. The fourth-order valence-corrected chi connectivity index (χ4v) is 4.50. The van der Waals surface area contributed by atoms with E-state index in [-0.39, 0.29) is 17.5 Å². The molecule has 30 heavy (non-hydrogen) atoms. The Balaban J connectivity index is 1.56. The number of carboxylic acids is 1. The number of hydrogen-bond acceptors (Lipinski definition) is 4. The quantitative estimate of drug-likeness (QED) is 0.458. The maximum Gasteiger partial charge on any atom is 0.336 e. The summed E-state index contributed by atoms with van der Waals surface area (Å²) in [6.07, 6.45) is 3.69. The number of ether oxygens (including phenoxy) is 1. The minimum absolute atomic E-state index is 0.0420. The van der Waals surface area contributed by atoms with Crippen molar-refractivity contribution in [3.05, 3.63) is 51.7 Å². The van der Waals surface area contributed by atoms with Gasteiger partial charge in [0, 0.05) is 22.4 Å². The van der Waals surface area contributed by atoms with E-state index in [1.165, 1.54) is 11.3 Å². The highest BCUT2D eigenvalue weighted by molar-refractivity contribution is 7.10. The molecule has 1 aliphatic rings. The van der Waals surface area contributed by atoms with Gasteiger partial charge in [0.1, 0.15) is 6.17 Å². The summed E-state index contributed by atoms with van der Waals surface area (Å²) >= 11 is 1.35. The van der Waals surface area contributed by atoms with E-state index in [0.29, 0.717) is 38.0 Å². The number of carbonyl (C=O) groups is 2. The SMILES string of the molecule is CCCCCC(F)c1ccc(N2C(=O)CC[C@@H]2COCc2cc(C(=O)O)cs2)cc1. The fourth-order valence-electron chi connectivity index (χ4n) is 3.70. The lowest BCUT2D eigenvalue weighted by Crippen LogP contribution is -2.36. The number of halogens is 1. The number of aromatic carboxylic acids is 1. The Morgan fingerprint density at radius 2 is 2.10 bits per heavy atom. The molecule has 0 spiro atoms. The Bertz CT molecular complexity index is 851. The summed E-state index contributed by atoms with van der Waals surface area (Å²) < 4.78 is 20.1. The lowest BCUT2D eigenvalue weighted by atomic mass is 10.0. The minimum atomic E-state index is -0.972. The number of carboxylic acid groups (broad SMARTS) is 1. The van der Waals surface area contributed by atoms with E-state index in [2.05, 4.69) is 6.92 Å². The zero-order valence-corrected chi connectivity index (χ0v) is 18.0. The molecule has 0 saturated carbocycles. The summed E-state index contributed by atoms with van der Waals surface area (Å²) in [6.45, 7) is 2.79. The van der Waals surface area contributed by atoms with Crippen LogP contribution >= 0.6 is 11.3 Å². The molecule has 1 aliphatic heterocycles. The maximum atomic E-state index is 14.4. The third-order valence-corrected chi connectivity index (χ3v) is 6.28. The molecule has 1 aromatic carbocycles. The summed E-state index contributed by atoms with van der Waals surface area (Å²) in [5.74, 6) is -0.908. The second-order valence-corrected chi connectivity index (χ2v) is 8.63. The molecule has 2 heterocycles. The first kappa shape index (κ1) is 22.4. The molecule has 5 nitrogen and oxygen atoms in total. The van der Waals surface area contributed by atoms with E-state index in [1.54, 1.807) is 28.5 Å². The Morgan fingerprint density at radius 3 is 2.77 bits per heavy atom. The van der Waals surface area contributed by atoms with Crippen LogP contribution in [0.1, 0.15) is 72.4 Å². The van der Waals surface area contributed by atoms with Gasteiger partial charge in [0.15, 0.2) is 0 Å². The zero-order valence-electron chi connectivity index (χ0n) is 17.2. The third kappa shape index (κ3) is 5.67. The molecule has 7 heteroatoms. The number of alkyl halides is 1. The lowest BCUT2D eigenvalue weighted by molar-refractivity contribution is -0.117. The molecule has 1 N–H and O–H groups in total. The second kappa shape index (κ2) is 10.7. The second-order valence-electron chi connectivity index (χ2n) is 7.63. The van der Waals surface area contributed by atoms with Gasteiger partial charge in [-0.3, -0.25) is 4.79 Å². The number of nitrogens with zero attached hydrogens (tertiary/aromatic N) is 1. The van der Waals surface area contributed by atoms with Crippen LogP contribution in [0.3, 0.4) is 0 Å². The average Bonchev–Trinajstić information content (AvgIpc) is 3.35. The molecule has 0 bridgehead atoms. The number of unbranched alkanes of at least 4 members (excludes halogenated alkanes) is 2. The summed E-state index contributed by atoms with van der Waals surface area (Å²) in [4.78, 5) is 26.0. The third-order valence-electron chi connectivity index (χ3n) is 5.37. The summed E-state index contributed by atoms with van der Waals surface area (Å²) in [6, 6.07) is 8.71. The molecule has 1 aromatic heterocycles. The van der Waals surface area contributed by atoms with Gasteiger partial charge in [-0.2, -0.15) is 0 Å². The summed E-state index contributed by atoms with van der Waals surface area (Å²) in [7, 11) is 0. The van der Waals surface area contributed by atoms with Crippen molar-refractivity contribution in [2.24, 2.45) is 0 Å². The Kier molecular flexibility index (Phi) is 7.99. The fraction of sp³-hybridized carbons (Fsp3) is 0.478. The number of hydrogen-bond donors (Lipinski definition) is 1. The van der Waals surface area contributed by atoms with Crippen LogP contribution in [0.4, 0.5) is 10.1 Å². The number of carbonyl (C=O) groups excluding carboxylic acids is 1. The highest BCUT2D eigenvalue weighted by Crippen LogP contribution is 2.30. The van der Waals surface area contributed by atoms with Gasteiger partial charge < -0.3 is 14.7 Å². The first-order chi connectivity index (χ1) is 14.5. The van der Waals surface area contributed by atoms with Crippen LogP contribution in [0.5, 0.6) is 0 Å². The van der Waals surface area contributed by atoms with Gasteiger partial charge >= 0.3 is 5.97 Å². The molecule has 2 atom stereocenters. The van der Waals surface area contributed by atoms with Gasteiger partial charge in [-0.25, -0.2) is 9.18 Å². The van der Waals surface area contributed by atoms with Gasteiger partial charge in [-0.1, -0.05) is 38.3 Å². The van der Waals surface area contributed by atoms with E-state index in [0.717, 1.165) is 29.8 Å². The van der Waals surface area contributed by atoms with Crippen molar-refractivity contribution in [2.45, 2.75) is 64.3 Å². The minimum Gasteiger partial charge on any atom is -0.478 e. The molecule has 1 unspecified atom stereocenters. The van der Waals surface area contributed by atoms with Crippen LogP contribution in [0.2, 0.25) is 0 Å². The van der Waals surface area contributed by atoms with E-state index >= 15 is 0 Å². The number of benzene rings is 1. The number of amides is 1. The maximum absolute atomic E-state index is 14.4. The van der Waals surface area contributed by atoms with Crippen molar-refractivity contribution < 1.29 is 23.8 Å². The van der Waals surface area contributed by atoms with Crippen LogP contribution in [0, 0.1) is 0 Å². The molecular formula is C23H28FNO4S. The molecular weight excluding hydrogens is 405 g/mol. The van der Waals surface area contributed by atoms with Gasteiger partial charge in [0.05, 0.1) is 24.8 Å². The largest absolute Gasteiger partial charge is 0.478 e. The zero-order chi connectivity index (χ0) is 21.5. The standard InChI is InChI=1S/C23H28FNO4S/c1-2-3-4-5-21(24)16-6-8-18(9-7-16)25-19(10-11-22(25)26)13-29-14-20-12-17(15-30-20)23(27)28/h6-9,12,15,19,21H,2-5,10-11,13-14H2,1H3,(H,27,28)/t19-,21?/m1/s1. The predicted molar refractivity (Wildman–Crippen MR) is 116 cm³/mol. The molecule has 3 rings (SSSR count). The van der Waals surface area contributed by atoms with Crippen molar-refractivity contribution in [1.29, 1.82) is 0 Å². The van der Waals surface area contributed by atoms with Crippen molar-refractivity contribution in [2.75, 3.05) is 11.5 Å². The van der Waals surface area contributed by atoms with Crippen LogP contribution < -0.4 is 4.90 Å². The van der Waals surface area contributed by atoms with Crippen LogP contribution in [0.15, 0.2) is 35.7 Å². The topological polar surface area (TPSA) is 66.8 Å². The van der Waals surface area contributed by atoms with Crippen molar-refractivity contribution >= 4 is 28.9 Å². The number of anilines is 1. The van der Waals surface area contributed by atoms with Crippen LogP contribution in [-0.4, -0.2) is 29.6 Å². The molecule has 1 fully saturated rings. The molecule has 0 aliphatic carbocycles. The first-order valence-corrected chi connectivity index (χ1v) is 11.3. The Hall–Kier alpha value is -2.25. The summed E-state index contributed by atoms with van der Waals surface area (Å²) in [5, 5.41) is 10.6. The smallest absolute Gasteiger partial charge is 0.336 e. The van der Waals surface area contributed by atoms with Crippen molar-refractivity contribution in [3.63, 3.8) is 0 Å². The monoisotopic (exact) mass is 433 g/mol. The Morgan fingerprint density at radius 1 is 1.33 bits per heavy atom. The number of thiophene rings is 1. The average molecular weight is 434 g/mol. The van der Waals surface area contributed by atoms with Gasteiger partial charge in [-0.15, -0.1) is 11.3 Å². The van der Waals surface area contributed by atoms with Crippen LogP contribution in [-0.2, 0) is 16.1 Å².